The quantitative estimate of drug-likeness (QED) is 0.556. The fourth-order valence-corrected chi connectivity index (χ4v) is 0.787. The summed E-state index contributed by atoms with van der Waals surface area (Å²) >= 11 is 0. The average Bonchev–Trinajstić information content (AvgIpc) is 1.97. The lowest BCUT2D eigenvalue weighted by molar-refractivity contribution is 0.193. The normalized spacial score (nSPS) is 12.5. The highest BCUT2D eigenvalue weighted by Crippen LogP contribution is 1.96. The van der Waals surface area contributed by atoms with Crippen molar-refractivity contribution in [1.82, 2.24) is 5.32 Å². The van der Waals surface area contributed by atoms with E-state index in [-0.39, 0.29) is 6.04 Å². The molecule has 0 aliphatic carbocycles. The molecule has 0 aromatic rings. The third-order valence-corrected chi connectivity index (χ3v) is 1.44. The second-order valence-electron chi connectivity index (χ2n) is 2.59. The first-order valence-electron chi connectivity index (χ1n) is 3.89. The van der Waals surface area contributed by atoms with Gasteiger partial charge >= 0.3 is 6.09 Å². The van der Waals surface area contributed by atoms with Gasteiger partial charge in [0.2, 0.25) is 0 Å². The predicted octanol–water partition coefficient (Wildman–Crippen LogP) is 0.772. The Hall–Kier alpha value is -0.770. The fourth-order valence-electron chi connectivity index (χ4n) is 0.787. The molecule has 0 bridgehead atoms. The molecule has 0 aliphatic heterocycles. The van der Waals surface area contributed by atoms with Gasteiger partial charge in [-0.1, -0.05) is 19.8 Å². The molecule has 4 heteroatoms. The molecule has 0 fully saturated rings. The standard InChI is InChI=1S/C7H16N2O2/c1-2-3-4-6(8)5-9-7(10)11/h6,9H,2-5,8H2,1H3,(H,10,11)/t6-/m0/s1. The number of nitrogens with two attached hydrogens (primary N) is 1. The van der Waals surface area contributed by atoms with E-state index in [0.717, 1.165) is 19.3 Å². The molecule has 0 unspecified atom stereocenters. The number of rotatable bonds is 5. The van der Waals surface area contributed by atoms with Gasteiger partial charge in [-0.15, -0.1) is 0 Å². The van der Waals surface area contributed by atoms with E-state index in [9.17, 15) is 4.79 Å². The summed E-state index contributed by atoms with van der Waals surface area (Å²) in [7, 11) is 0. The molecule has 1 amide bonds. The number of hydrogen-bond acceptors (Lipinski definition) is 2. The van der Waals surface area contributed by atoms with Crippen molar-refractivity contribution in [2.45, 2.75) is 32.2 Å². The van der Waals surface area contributed by atoms with Crippen LogP contribution in [0.2, 0.25) is 0 Å². The molecule has 0 saturated heterocycles. The van der Waals surface area contributed by atoms with E-state index in [2.05, 4.69) is 12.2 Å². The van der Waals surface area contributed by atoms with Crippen molar-refractivity contribution in [2.75, 3.05) is 6.54 Å². The minimum Gasteiger partial charge on any atom is -0.465 e. The van der Waals surface area contributed by atoms with Gasteiger partial charge in [0.15, 0.2) is 0 Å². The van der Waals surface area contributed by atoms with Crippen molar-refractivity contribution in [3.05, 3.63) is 0 Å². The monoisotopic (exact) mass is 160 g/mol. The lowest BCUT2D eigenvalue weighted by atomic mass is 10.1. The third kappa shape index (κ3) is 7.12. The molecule has 11 heavy (non-hydrogen) atoms. The zero-order valence-corrected chi connectivity index (χ0v) is 6.84. The van der Waals surface area contributed by atoms with Gasteiger partial charge in [-0.05, 0) is 6.42 Å². The summed E-state index contributed by atoms with van der Waals surface area (Å²) in [5.41, 5.74) is 5.58. The van der Waals surface area contributed by atoms with Crippen LogP contribution < -0.4 is 11.1 Å². The number of nitrogens with one attached hydrogen (secondary N) is 1. The Labute approximate surface area is 66.8 Å². The molecular formula is C7H16N2O2. The predicted molar refractivity (Wildman–Crippen MR) is 43.5 cm³/mol. The molecule has 0 rings (SSSR count). The second kappa shape index (κ2) is 5.97. The van der Waals surface area contributed by atoms with E-state index < -0.39 is 6.09 Å². The van der Waals surface area contributed by atoms with Gasteiger partial charge in [-0.3, -0.25) is 0 Å². The third-order valence-electron chi connectivity index (χ3n) is 1.44. The Morgan fingerprint density at radius 2 is 2.36 bits per heavy atom. The van der Waals surface area contributed by atoms with Crippen LogP contribution >= 0.6 is 0 Å². The molecular weight excluding hydrogens is 144 g/mol. The summed E-state index contributed by atoms with van der Waals surface area (Å²) in [6.07, 6.45) is 2.04. The molecule has 0 saturated carbocycles. The molecule has 0 aliphatic rings. The van der Waals surface area contributed by atoms with Gasteiger partial charge in [0.25, 0.3) is 0 Å². The lowest BCUT2D eigenvalue weighted by Gasteiger charge is -2.09. The van der Waals surface area contributed by atoms with Crippen LogP contribution in [0, 0.1) is 0 Å². The van der Waals surface area contributed by atoms with E-state index in [1.807, 2.05) is 0 Å². The summed E-state index contributed by atoms with van der Waals surface area (Å²) in [5, 5.41) is 10.5. The number of amides is 1. The average molecular weight is 160 g/mol. The number of carboxylic acid groups (broad SMARTS) is 1. The van der Waals surface area contributed by atoms with Gasteiger partial charge in [0.1, 0.15) is 0 Å². The highest BCUT2D eigenvalue weighted by atomic mass is 16.4. The summed E-state index contributed by atoms with van der Waals surface area (Å²) < 4.78 is 0. The summed E-state index contributed by atoms with van der Waals surface area (Å²) in [6.45, 7) is 2.44. The Morgan fingerprint density at radius 1 is 1.73 bits per heavy atom. The largest absolute Gasteiger partial charge is 0.465 e. The van der Waals surface area contributed by atoms with Crippen LogP contribution in [0.15, 0.2) is 0 Å². The van der Waals surface area contributed by atoms with Crippen molar-refractivity contribution in [3.8, 4) is 0 Å². The van der Waals surface area contributed by atoms with Gasteiger partial charge in [0, 0.05) is 12.6 Å². The summed E-state index contributed by atoms with van der Waals surface area (Å²) in [4.78, 5) is 10.0. The van der Waals surface area contributed by atoms with E-state index in [1.54, 1.807) is 0 Å². The fraction of sp³-hybridized carbons (Fsp3) is 0.857. The first-order valence-corrected chi connectivity index (χ1v) is 3.89. The van der Waals surface area contributed by atoms with Crippen molar-refractivity contribution < 1.29 is 9.90 Å². The number of unbranched alkanes of at least 4 members (excludes halogenated alkanes) is 1. The van der Waals surface area contributed by atoms with Crippen LogP contribution in [0.25, 0.3) is 0 Å². The molecule has 0 spiro atoms. The van der Waals surface area contributed by atoms with Crippen LogP contribution in [0.4, 0.5) is 4.79 Å². The van der Waals surface area contributed by atoms with Gasteiger partial charge in [-0.25, -0.2) is 4.79 Å². The van der Waals surface area contributed by atoms with E-state index in [0.29, 0.717) is 6.54 Å². The second-order valence-corrected chi connectivity index (χ2v) is 2.59. The van der Waals surface area contributed by atoms with Crippen molar-refractivity contribution in [2.24, 2.45) is 5.73 Å². The first-order chi connectivity index (χ1) is 5.16. The van der Waals surface area contributed by atoms with Crippen LogP contribution in [-0.2, 0) is 0 Å². The molecule has 0 aromatic heterocycles. The van der Waals surface area contributed by atoms with Crippen LogP contribution in [0.3, 0.4) is 0 Å². The molecule has 0 radical (unpaired) electrons. The van der Waals surface area contributed by atoms with E-state index in [1.165, 1.54) is 0 Å². The summed E-state index contributed by atoms with van der Waals surface area (Å²) in [6, 6.07) is -0.0361. The Bertz CT molecular complexity index is 117. The smallest absolute Gasteiger partial charge is 0.404 e. The van der Waals surface area contributed by atoms with Gasteiger partial charge < -0.3 is 16.2 Å². The highest BCUT2D eigenvalue weighted by molar-refractivity contribution is 5.64. The van der Waals surface area contributed by atoms with Crippen molar-refractivity contribution in [1.29, 1.82) is 0 Å². The maximum Gasteiger partial charge on any atom is 0.404 e. The topological polar surface area (TPSA) is 75.3 Å². The van der Waals surface area contributed by atoms with Gasteiger partial charge in [0.05, 0.1) is 0 Å². The first kappa shape index (κ1) is 10.2. The lowest BCUT2D eigenvalue weighted by Crippen LogP contribution is -2.36. The molecule has 4 N–H and O–H groups in total. The zero-order valence-electron chi connectivity index (χ0n) is 6.84. The molecule has 1 atom stereocenters. The number of carbonyl (C=O) groups is 1. The van der Waals surface area contributed by atoms with Crippen LogP contribution in [0.5, 0.6) is 0 Å². The Morgan fingerprint density at radius 3 is 2.82 bits per heavy atom. The highest BCUT2D eigenvalue weighted by Gasteiger charge is 2.02. The molecule has 4 nitrogen and oxygen atoms in total. The van der Waals surface area contributed by atoms with E-state index in [4.69, 9.17) is 10.8 Å². The molecule has 0 aromatic carbocycles. The zero-order chi connectivity index (χ0) is 8.69. The minimum atomic E-state index is -1.00. The number of hydrogen-bond donors (Lipinski definition) is 3. The van der Waals surface area contributed by atoms with Crippen molar-refractivity contribution in [3.63, 3.8) is 0 Å². The Balaban J connectivity index is 3.22. The maximum absolute atomic E-state index is 10.0. The Kier molecular flexibility index (Phi) is 5.56. The molecule has 66 valence electrons. The van der Waals surface area contributed by atoms with Gasteiger partial charge in [-0.2, -0.15) is 0 Å². The maximum atomic E-state index is 10.0. The van der Waals surface area contributed by atoms with Crippen LogP contribution in [0.1, 0.15) is 26.2 Å². The van der Waals surface area contributed by atoms with Crippen molar-refractivity contribution >= 4 is 6.09 Å². The van der Waals surface area contributed by atoms with E-state index >= 15 is 0 Å². The van der Waals surface area contributed by atoms with Crippen LogP contribution in [-0.4, -0.2) is 23.8 Å². The molecule has 0 heterocycles. The SMILES string of the molecule is CCCC[C@H](N)CNC(=O)O. The minimum absolute atomic E-state index is 0.0361. The summed E-state index contributed by atoms with van der Waals surface area (Å²) in [5.74, 6) is 0.